The lowest BCUT2D eigenvalue weighted by molar-refractivity contribution is 0.584. The molecule has 5 nitrogen and oxygen atoms in total. The minimum absolute atomic E-state index is 0.177. The maximum Gasteiger partial charge on any atom is 0.276 e. The molecule has 0 fully saturated rings. The fourth-order valence-corrected chi connectivity index (χ4v) is 3.35. The molecule has 22 heavy (non-hydrogen) atoms. The Morgan fingerprint density at radius 2 is 1.82 bits per heavy atom. The van der Waals surface area contributed by atoms with Crippen molar-refractivity contribution in [3.05, 3.63) is 58.6 Å². The summed E-state index contributed by atoms with van der Waals surface area (Å²) in [4.78, 5) is 4.35. The average Bonchev–Trinajstić information content (AvgIpc) is 2.47. The van der Waals surface area contributed by atoms with E-state index in [1.807, 2.05) is 37.2 Å². The van der Waals surface area contributed by atoms with Crippen molar-refractivity contribution in [3.8, 4) is 0 Å². The molecular weight excluding hydrogens is 366 g/mol. The minimum atomic E-state index is -3.63. The van der Waals surface area contributed by atoms with E-state index in [9.17, 15) is 8.42 Å². The predicted octanol–water partition coefficient (Wildman–Crippen LogP) is 2.83. The van der Waals surface area contributed by atoms with E-state index in [4.69, 9.17) is 0 Å². The van der Waals surface area contributed by atoms with Crippen molar-refractivity contribution in [1.82, 2.24) is 4.83 Å². The SMILES string of the molecule is CN(C)c1ccc(/C=N/NS(=O)(=O)c2ccccc2)cc1Br. The van der Waals surface area contributed by atoms with Crippen molar-refractivity contribution >= 4 is 37.9 Å². The third kappa shape index (κ3) is 4.08. The van der Waals surface area contributed by atoms with Crippen LogP contribution in [0.5, 0.6) is 0 Å². The molecule has 0 unspecified atom stereocenters. The van der Waals surface area contributed by atoms with Gasteiger partial charge in [-0.15, -0.1) is 0 Å². The van der Waals surface area contributed by atoms with Crippen LogP contribution in [0, 0.1) is 0 Å². The minimum Gasteiger partial charge on any atom is -0.377 e. The molecule has 2 aromatic carbocycles. The largest absolute Gasteiger partial charge is 0.377 e. The fourth-order valence-electron chi connectivity index (χ4n) is 1.79. The standard InChI is InChI=1S/C15H16BrN3O2S/c1-19(2)15-9-8-12(10-14(15)16)11-17-18-22(20,21)13-6-4-3-5-7-13/h3-11,18H,1-2H3/b17-11+. The number of nitrogens with zero attached hydrogens (tertiary/aromatic N) is 2. The van der Waals surface area contributed by atoms with Gasteiger partial charge in [-0.2, -0.15) is 13.5 Å². The molecule has 0 atom stereocenters. The molecule has 0 aromatic heterocycles. The van der Waals surface area contributed by atoms with Gasteiger partial charge in [0.1, 0.15) is 0 Å². The van der Waals surface area contributed by atoms with Crippen LogP contribution >= 0.6 is 15.9 Å². The van der Waals surface area contributed by atoms with Crippen LogP contribution in [0.15, 0.2) is 63.0 Å². The summed E-state index contributed by atoms with van der Waals surface area (Å²) >= 11 is 3.47. The lowest BCUT2D eigenvalue weighted by Gasteiger charge is -2.14. The Labute approximate surface area is 138 Å². The summed E-state index contributed by atoms with van der Waals surface area (Å²) in [6, 6.07) is 13.8. The average molecular weight is 382 g/mol. The molecule has 0 heterocycles. The highest BCUT2D eigenvalue weighted by molar-refractivity contribution is 9.10. The van der Waals surface area contributed by atoms with E-state index in [1.165, 1.54) is 18.3 Å². The van der Waals surface area contributed by atoms with E-state index >= 15 is 0 Å². The Balaban J connectivity index is 2.12. The van der Waals surface area contributed by atoms with Gasteiger partial charge >= 0.3 is 0 Å². The molecule has 0 aliphatic rings. The molecule has 1 N–H and O–H groups in total. The van der Waals surface area contributed by atoms with Crippen molar-refractivity contribution in [2.24, 2.45) is 5.10 Å². The van der Waals surface area contributed by atoms with Gasteiger partial charge in [-0.25, -0.2) is 4.83 Å². The van der Waals surface area contributed by atoms with Crippen LogP contribution in [0.3, 0.4) is 0 Å². The van der Waals surface area contributed by atoms with Crippen LogP contribution in [-0.2, 0) is 10.0 Å². The van der Waals surface area contributed by atoms with Gasteiger partial charge in [0.2, 0.25) is 0 Å². The lowest BCUT2D eigenvalue weighted by Crippen LogP contribution is -2.18. The molecule has 2 aromatic rings. The quantitative estimate of drug-likeness (QED) is 0.639. The number of sulfonamides is 1. The molecule has 0 spiro atoms. The van der Waals surface area contributed by atoms with Gasteiger partial charge in [0.25, 0.3) is 10.0 Å². The molecule has 0 amide bonds. The highest BCUT2D eigenvalue weighted by Gasteiger charge is 2.11. The van der Waals surface area contributed by atoms with Crippen molar-refractivity contribution in [3.63, 3.8) is 0 Å². The lowest BCUT2D eigenvalue weighted by atomic mass is 10.2. The maximum atomic E-state index is 12.0. The van der Waals surface area contributed by atoms with Crippen LogP contribution in [-0.4, -0.2) is 28.7 Å². The number of hydrazone groups is 1. The summed E-state index contributed by atoms with van der Waals surface area (Å²) < 4.78 is 24.9. The molecule has 0 aliphatic heterocycles. The van der Waals surface area contributed by atoms with E-state index < -0.39 is 10.0 Å². The van der Waals surface area contributed by atoms with E-state index in [2.05, 4.69) is 25.9 Å². The zero-order valence-electron chi connectivity index (χ0n) is 12.2. The second kappa shape index (κ2) is 6.93. The Bertz CT molecular complexity index is 775. The molecule has 116 valence electrons. The van der Waals surface area contributed by atoms with Crippen LogP contribution in [0.1, 0.15) is 5.56 Å². The summed E-state index contributed by atoms with van der Waals surface area (Å²) in [5, 5.41) is 3.81. The zero-order chi connectivity index (χ0) is 16.2. The smallest absolute Gasteiger partial charge is 0.276 e. The Hall–Kier alpha value is -1.86. The second-order valence-electron chi connectivity index (χ2n) is 4.77. The fraction of sp³-hybridized carbons (Fsp3) is 0.133. The zero-order valence-corrected chi connectivity index (χ0v) is 14.6. The van der Waals surface area contributed by atoms with Crippen molar-refractivity contribution in [1.29, 1.82) is 0 Å². The number of hydrogen-bond acceptors (Lipinski definition) is 4. The number of anilines is 1. The summed E-state index contributed by atoms with van der Waals surface area (Å²) in [6.07, 6.45) is 1.46. The predicted molar refractivity (Wildman–Crippen MR) is 92.8 cm³/mol. The first-order valence-electron chi connectivity index (χ1n) is 6.47. The first kappa shape index (κ1) is 16.5. The molecule has 7 heteroatoms. The summed E-state index contributed by atoms with van der Waals surface area (Å²) in [5.74, 6) is 0. The highest BCUT2D eigenvalue weighted by Crippen LogP contribution is 2.25. The molecule has 0 bridgehead atoms. The first-order valence-corrected chi connectivity index (χ1v) is 8.74. The summed E-state index contributed by atoms with van der Waals surface area (Å²) in [7, 11) is 0.263. The highest BCUT2D eigenvalue weighted by atomic mass is 79.9. The van der Waals surface area contributed by atoms with Gasteiger partial charge in [-0.05, 0) is 45.8 Å². The van der Waals surface area contributed by atoms with E-state index in [0.29, 0.717) is 0 Å². The van der Waals surface area contributed by atoms with Crippen LogP contribution in [0.25, 0.3) is 0 Å². The monoisotopic (exact) mass is 381 g/mol. The molecule has 0 saturated heterocycles. The normalized spacial score (nSPS) is 11.6. The number of nitrogens with one attached hydrogen (secondary N) is 1. The Kier molecular flexibility index (Phi) is 5.20. The van der Waals surface area contributed by atoms with E-state index in [-0.39, 0.29) is 4.90 Å². The first-order chi connectivity index (χ1) is 10.4. The summed E-state index contributed by atoms with van der Waals surface area (Å²) in [6.45, 7) is 0. The topological polar surface area (TPSA) is 61.8 Å². The Morgan fingerprint density at radius 1 is 1.14 bits per heavy atom. The van der Waals surface area contributed by atoms with E-state index in [1.54, 1.807) is 18.2 Å². The molecular formula is C15H16BrN3O2S. The molecule has 2 rings (SSSR count). The number of halogens is 1. The third-order valence-corrected chi connectivity index (χ3v) is 4.77. The molecule has 0 aliphatic carbocycles. The van der Waals surface area contributed by atoms with Crippen LogP contribution < -0.4 is 9.73 Å². The van der Waals surface area contributed by atoms with Gasteiger partial charge in [0.05, 0.1) is 16.8 Å². The van der Waals surface area contributed by atoms with Crippen molar-refractivity contribution in [2.45, 2.75) is 4.90 Å². The number of hydrogen-bond donors (Lipinski definition) is 1. The second-order valence-corrected chi connectivity index (χ2v) is 7.29. The van der Waals surface area contributed by atoms with Crippen LogP contribution in [0.4, 0.5) is 5.69 Å². The van der Waals surface area contributed by atoms with Crippen LogP contribution in [0.2, 0.25) is 0 Å². The van der Waals surface area contributed by atoms with Gasteiger partial charge < -0.3 is 4.90 Å². The van der Waals surface area contributed by atoms with Gasteiger partial charge in [0, 0.05) is 18.6 Å². The van der Waals surface area contributed by atoms with Crippen molar-refractivity contribution < 1.29 is 8.42 Å². The molecule has 0 saturated carbocycles. The Morgan fingerprint density at radius 3 is 2.41 bits per heavy atom. The number of benzene rings is 2. The van der Waals surface area contributed by atoms with Gasteiger partial charge in [-0.3, -0.25) is 0 Å². The van der Waals surface area contributed by atoms with Gasteiger partial charge in [-0.1, -0.05) is 24.3 Å². The van der Waals surface area contributed by atoms with Gasteiger partial charge in [0.15, 0.2) is 0 Å². The van der Waals surface area contributed by atoms with E-state index in [0.717, 1.165) is 15.7 Å². The third-order valence-electron chi connectivity index (χ3n) is 2.89. The maximum absolute atomic E-state index is 12.0. The van der Waals surface area contributed by atoms with Crippen molar-refractivity contribution in [2.75, 3.05) is 19.0 Å². The summed E-state index contributed by atoms with van der Waals surface area (Å²) in [5.41, 5.74) is 1.82. The number of rotatable bonds is 5. The molecule has 0 radical (unpaired) electrons.